The minimum atomic E-state index is -1.57. The van der Waals surface area contributed by atoms with Crippen molar-refractivity contribution in [2.75, 3.05) is 6.54 Å². The van der Waals surface area contributed by atoms with Crippen LogP contribution in [0.4, 0.5) is 0 Å². The first-order valence-corrected chi connectivity index (χ1v) is 14.1. The van der Waals surface area contributed by atoms with Gasteiger partial charge in [0.15, 0.2) is 17.3 Å². The Balaban J connectivity index is 1.43. The van der Waals surface area contributed by atoms with E-state index in [1.807, 2.05) is 43.3 Å². The van der Waals surface area contributed by atoms with Gasteiger partial charge in [-0.25, -0.2) is 0 Å². The molecule has 4 aromatic rings. The number of aromatic amines is 1. The van der Waals surface area contributed by atoms with Crippen LogP contribution in [0.15, 0.2) is 77.7 Å². The Bertz CT molecular complexity index is 1930. The molecular formula is C35H32N2O6. The summed E-state index contributed by atoms with van der Waals surface area (Å²) in [6, 6.07) is 18.2. The summed E-state index contributed by atoms with van der Waals surface area (Å²) >= 11 is 0. The highest BCUT2D eigenvalue weighted by atomic mass is 16.5. The van der Waals surface area contributed by atoms with E-state index in [1.54, 1.807) is 13.8 Å². The summed E-state index contributed by atoms with van der Waals surface area (Å²) in [5.41, 5.74) is 3.01. The summed E-state index contributed by atoms with van der Waals surface area (Å²) in [6.45, 7) is 8.42. The molecule has 2 atom stereocenters. The number of carbonyl (C=O) groups is 3. The number of carbonyl (C=O) groups excluding carboxylic acids is 3. The molecular weight excluding hydrogens is 544 g/mol. The average Bonchev–Trinajstić information content (AvgIpc) is 3.46. The highest BCUT2D eigenvalue weighted by molar-refractivity contribution is 6.31. The van der Waals surface area contributed by atoms with Gasteiger partial charge >= 0.3 is 0 Å². The molecule has 1 aliphatic carbocycles. The monoisotopic (exact) mass is 576 g/mol. The molecule has 0 saturated carbocycles. The molecule has 3 aromatic carbocycles. The summed E-state index contributed by atoms with van der Waals surface area (Å²) in [7, 11) is 0. The summed E-state index contributed by atoms with van der Waals surface area (Å²) in [6.07, 6.45) is 1.23. The van der Waals surface area contributed by atoms with Crippen molar-refractivity contribution < 1.29 is 29.3 Å². The molecule has 2 aliphatic rings. The number of nitrogens with one attached hydrogen (secondary N) is 2. The number of para-hydroxylation sites is 1. The molecule has 0 fully saturated rings. The van der Waals surface area contributed by atoms with E-state index in [1.165, 1.54) is 19.9 Å². The maximum absolute atomic E-state index is 14.2. The van der Waals surface area contributed by atoms with Crippen LogP contribution < -0.4 is 10.1 Å². The van der Waals surface area contributed by atoms with E-state index >= 15 is 0 Å². The summed E-state index contributed by atoms with van der Waals surface area (Å²) < 4.78 is 5.88. The molecule has 2 heterocycles. The first kappa shape index (κ1) is 28.0. The van der Waals surface area contributed by atoms with Crippen LogP contribution in [0.25, 0.3) is 10.9 Å². The normalized spacial score (nSPS) is 19.4. The SMILES string of the molecule is CC(=O)c1c(O)c(C)c(O)c2c1OC1=CC(=O)C(=C(C)NCC(c3ccccc3)c3c(C)[nH]c4ccccc34)C(=O)[C@@]12C. The van der Waals surface area contributed by atoms with Crippen LogP contribution in [0, 0.1) is 13.8 Å². The lowest BCUT2D eigenvalue weighted by Gasteiger charge is -2.29. The molecule has 0 radical (unpaired) electrons. The average molecular weight is 577 g/mol. The van der Waals surface area contributed by atoms with Crippen LogP contribution in [0.3, 0.4) is 0 Å². The second-order valence-corrected chi connectivity index (χ2v) is 11.4. The highest BCUT2D eigenvalue weighted by Gasteiger charge is 2.56. The number of ketones is 3. The third-order valence-corrected chi connectivity index (χ3v) is 8.82. The lowest BCUT2D eigenvalue weighted by atomic mass is 9.70. The van der Waals surface area contributed by atoms with Gasteiger partial charge in [0.1, 0.15) is 34.0 Å². The number of H-pyrrole nitrogens is 1. The summed E-state index contributed by atoms with van der Waals surface area (Å²) in [4.78, 5) is 43.6. The third kappa shape index (κ3) is 4.08. The number of rotatable bonds is 6. The fourth-order valence-electron chi connectivity index (χ4n) is 6.53. The minimum absolute atomic E-state index is 0.00781. The van der Waals surface area contributed by atoms with Crippen molar-refractivity contribution in [2.24, 2.45) is 0 Å². The molecule has 0 bridgehead atoms. The zero-order chi connectivity index (χ0) is 30.8. The highest BCUT2D eigenvalue weighted by Crippen LogP contribution is 2.57. The second kappa shape index (κ2) is 10.0. The quantitative estimate of drug-likeness (QED) is 0.130. The fraction of sp³-hybridized carbons (Fsp3) is 0.229. The number of aromatic nitrogens is 1. The second-order valence-electron chi connectivity index (χ2n) is 11.4. The van der Waals surface area contributed by atoms with E-state index in [0.717, 1.165) is 27.7 Å². The topological polar surface area (TPSA) is 129 Å². The number of Topliss-reactive ketones (excluding diaryl/α,β-unsaturated/α-hetero) is 2. The number of allylic oxidation sites excluding steroid dienone is 4. The number of phenolic OH excluding ortho intramolecular Hbond substituents is 2. The van der Waals surface area contributed by atoms with Crippen molar-refractivity contribution in [1.82, 2.24) is 10.3 Å². The number of hydrogen-bond donors (Lipinski definition) is 4. The van der Waals surface area contributed by atoms with Crippen LogP contribution in [0.2, 0.25) is 0 Å². The largest absolute Gasteiger partial charge is 0.507 e. The molecule has 0 saturated heterocycles. The van der Waals surface area contributed by atoms with E-state index in [-0.39, 0.29) is 45.4 Å². The fourth-order valence-corrected chi connectivity index (χ4v) is 6.53. The van der Waals surface area contributed by atoms with Gasteiger partial charge in [0.25, 0.3) is 0 Å². The Morgan fingerprint density at radius 2 is 1.67 bits per heavy atom. The van der Waals surface area contributed by atoms with Gasteiger partial charge in [-0.05, 0) is 51.8 Å². The molecule has 8 nitrogen and oxygen atoms in total. The molecule has 1 unspecified atom stereocenters. The van der Waals surface area contributed by atoms with Gasteiger partial charge in [-0.2, -0.15) is 0 Å². The van der Waals surface area contributed by atoms with E-state index in [0.29, 0.717) is 12.2 Å². The molecule has 1 aliphatic heterocycles. The molecule has 218 valence electrons. The summed E-state index contributed by atoms with van der Waals surface area (Å²) in [5, 5.41) is 26.2. The summed E-state index contributed by atoms with van der Waals surface area (Å²) in [5.74, 6) is -2.57. The van der Waals surface area contributed by atoms with Crippen molar-refractivity contribution in [3.8, 4) is 17.2 Å². The Morgan fingerprint density at radius 1 is 1.00 bits per heavy atom. The molecule has 4 N–H and O–H groups in total. The molecule has 0 amide bonds. The van der Waals surface area contributed by atoms with Gasteiger partial charge in [-0.1, -0.05) is 48.5 Å². The van der Waals surface area contributed by atoms with E-state index in [2.05, 4.69) is 28.5 Å². The Hall–Kier alpha value is -5.11. The van der Waals surface area contributed by atoms with Crippen LogP contribution in [0.1, 0.15) is 65.0 Å². The van der Waals surface area contributed by atoms with Crippen molar-refractivity contribution in [3.05, 3.63) is 111 Å². The van der Waals surface area contributed by atoms with Crippen molar-refractivity contribution in [2.45, 2.75) is 46.0 Å². The maximum atomic E-state index is 14.2. The number of aromatic hydroxyl groups is 2. The van der Waals surface area contributed by atoms with Gasteiger partial charge < -0.3 is 25.3 Å². The number of ether oxygens (including phenoxy) is 1. The van der Waals surface area contributed by atoms with Crippen molar-refractivity contribution in [1.29, 1.82) is 0 Å². The first-order chi connectivity index (χ1) is 20.5. The lowest BCUT2D eigenvalue weighted by molar-refractivity contribution is -0.123. The van der Waals surface area contributed by atoms with Crippen LogP contribution >= 0.6 is 0 Å². The molecule has 43 heavy (non-hydrogen) atoms. The molecule has 1 aromatic heterocycles. The van der Waals surface area contributed by atoms with Gasteiger partial charge in [-0.15, -0.1) is 0 Å². The van der Waals surface area contributed by atoms with Crippen molar-refractivity contribution >= 4 is 28.3 Å². The van der Waals surface area contributed by atoms with E-state index < -0.39 is 28.5 Å². The maximum Gasteiger partial charge on any atom is 0.194 e. The Kier molecular flexibility index (Phi) is 6.53. The smallest absolute Gasteiger partial charge is 0.194 e. The predicted molar refractivity (Wildman–Crippen MR) is 163 cm³/mol. The zero-order valence-electron chi connectivity index (χ0n) is 24.6. The zero-order valence-corrected chi connectivity index (χ0v) is 24.6. The van der Waals surface area contributed by atoms with Gasteiger partial charge in [0, 0.05) is 46.4 Å². The number of fused-ring (bicyclic) bond motifs is 4. The van der Waals surface area contributed by atoms with Crippen LogP contribution in [-0.2, 0) is 15.0 Å². The Labute approximate surface area is 248 Å². The number of hydrogen-bond acceptors (Lipinski definition) is 7. The van der Waals surface area contributed by atoms with Crippen molar-refractivity contribution in [3.63, 3.8) is 0 Å². The van der Waals surface area contributed by atoms with Gasteiger partial charge in [0.2, 0.25) is 0 Å². The molecule has 0 spiro atoms. The molecule has 6 rings (SSSR count). The first-order valence-electron chi connectivity index (χ1n) is 14.1. The van der Waals surface area contributed by atoms with Gasteiger partial charge in [-0.3, -0.25) is 14.4 Å². The number of benzene rings is 3. The number of phenols is 2. The van der Waals surface area contributed by atoms with Crippen LogP contribution in [0.5, 0.6) is 17.2 Å². The van der Waals surface area contributed by atoms with Gasteiger partial charge in [0.05, 0.1) is 11.1 Å². The van der Waals surface area contributed by atoms with E-state index in [4.69, 9.17) is 4.74 Å². The van der Waals surface area contributed by atoms with E-state index in [9.17, 15) is 24.6 Å². The minimum Gasteiger partial charge on any atom is -0.507 e. The van der Waals surface area contributed by atoms with Crippen LogP contribution in [-0.4, -0.2) is 39.1 Å². The third-order valence-electron chi connectivity index (χ3n) is 8.82. The molecule has 8 heteroatoms. The lowest BCUT2D eigenvalue weighted by Crippen LogP contribution is -2.41. The number of aryl methyl sites for hydroxylation is 1. The predicted octanol–water partition coefficient (Wildman–Crippen LogP) is 5.78. The Morgan fingerprint density at radius 3 is 2.37 bits per heavy atom. The standard InChI is InChI=1S/C35H32N2O6/c1-17-31(40)29(20(4)38)33-30(32(17)41)35(5)26(43-33)15-25(39)28(34(35)42)18(2)36-16-23(21-11-7-6-8-12-21)27-19(3)37-24-14-10-9-13-22(24)27/h6-15,23,36-37,40-41H,16H2,1-5H3/t23?,35-/m0/s1.